The molecule has 5 atom stereocenters. The average Bonchev–Trinajstić information content (AvgIpc) is 2.70. The summed E-state index contributed by atoms with van der Waals surface area (Å²) in [4.78, 5) is 12.3. The zero-order valence-electron chi connectivity index (χ0n) is 12.1. The number of fused-ring (bicyclic) bond motifs is 2. The molecule has 2 saturated carbocycles. The van der Waals surface area contributed by atoms with Crippen molar-refractivity contribution in [1.82, 2.24) is 0 Å². The topological polar surface area (TPSA) is 46.5 Å². The molecule has 108 valence electrons. The number of methoxy groups -OCH3 is 1. The van der Waals surface area contributed by atoms with E-state index in [0.29, 0.717) is 11.8 Å². The smallest absolute Gasteiger partial charge is 0.312 e. The largest absolute Gasteiger partial charge is 0.469 e. The van der Waals surface area contributed by atoms with Gasteiger partial charge in [0.25, 0.3) is 0 Å². The molecule has 3 heteroatoms. The molecule has 2 aliphatic carbocycles. The molecule has 3 rings (SSSR count). The minimum atomic E-state index is -0.591. The number of carbonyl (C=O) groups is 1. The summed E-state index contributed by atoms with van der Waals surface area (Å²) in [7, 11) is 1.42. The lowest BCUT2D eigenvalue weighted by Gasteiger charge is -2.47. The molecule has 20 heavy (non-hydrogen) atoms. The van der Waals surface area contributed by atoms with Crippen LogP contribution in [0.1, 0.15) is 31.7 Å². The van der Waals surface area contributed by atoms with E-state index in [4.69, 9.17) is 4.74 Å². The second-order valence-corrected chi connectivity index (χ2v) is 6.30. The molecule has 0 aromatic heterocycles. The van der Waals surface area contributed by atoms with Crippen molar-refractivity contribution in [2.24, 2.45) is 17.8 Å². The molecule has 2 fully saturated rings. The van der Waals surface area contributed by atoms with Gasteiger partial charge in [-0.25, -0.2) is 0 Å². The van der Waals surface area contributed by atoms with Crippen LogP contribution >= 0.6 is 0 Å². The summed E-state index contributed by atoms with van der Waals surface area (Å²) >= 11 is 0. The van der Waals surface area contributed by atoms with Crippen LogP contribution in [0.2, 0.25) is 0 Å². The summed E-state index contributed by atoms with van der Waals surface area (Å²) in [5.74, 6) is 0.195. The summed E-state index contributed by atoms with van der Waals surface area (Å²) in [6.07, 6.45) is 2.17. The molecule has 3 nitrogen and oxygen atoms in total. The SMILES string of the molecule is COC(=O)C1[C@@H](O)C[C@H]2CCC1(c1ccccc1)[C@H]2C. The Labute approximate surface area is 120 Å². The molecule has 2 unspecified atom stereocenters. The maximum Gasteiger partial charge on any atom is 0.312 e. The van der Waals surface area contributed by atoms with Crippen LogP contribution in [0.25, 0.3) is 0 Å². The molecule has 0 heterocycles. The third-order valence-corrected chi connectivity index (χ3v) is 5.70. The van der Waals surface area contributed by atoms with E-state index in [1.807, 2.05) is 18.2 Å². The summed E-state index contributed by atoms with van der Waals surface area (Å²) in [6.45, 7) is 2.23. The fourth-order valence-electron chi connectivity index (χ4n) is 4.70. The fourth-order valence-corrected chi connectivity index (χ4v) is 4.70. The number of esters is 1. The number of ether oxygens (including phenoxy) is 1. The van der Waals surface area contributed by atoms with Gasteiger partial charge in [0, 0.05) is 5.41 Å². The van der Waals surface area contributed by atoms with Crippen molar-refractivity contribution in [2.45, 2.75) is 37.7 Å². The lowest BCUT2D eigenvalue weighted by molar-refractivity contribution is -0.158. The van der Waals surface area contributed by atoms with Crippen LogP contribution in [0, 0.1) is 17.8 Å². The van der Waals surface area contributed by atoms with Crippen LogP contribution in [0.15, 0.2) is 30.3 Å². The van der Waals surface area contributed by atoms with Gasteiger partial charge in [-0.3, -0.25) is 4.79 Å². The predicted octanol–water partition coefficient (Wildman–Crippen LogP) is 2.52. The standard InChI is InChI=1S/C17H22O3/c1-11-12-8-9-17(11,13-6-4-3-5-7-13)15(14(18)10-12)16(19)20-2/h3-7,11-12,14-15,18H,8-10H2,1-2H3/t11-,12+,14-,15?,17?/m0/s1. The van der Waals surface area contributed by atoms with E-state index in [9.17, 15) is 9.90 Å². The zero-order chi connectivity index (χ0) is 14.3. The number of benzene rings is 1. The number of carbonyl (C=O) groups excluding carboxylic acids is 1. The molecule has 2 bridgehead atoms. The molecule has 2 aliphatic rings. The molecule has 1 aromatic rings. The van der Waals surface area contributed by atoms with Crippen molar-refractivity contribution < 1.29 is 14.6 Å². The quantitative estimate of drug-likeness (QED) is 0.843. The molecule has 0 saturated heterocycles. The highest BCUT2D eigenvalue weighted by Crippen LogP contribution is 2.59. The maximum atomic E-state index is 12.3. The fraction of sp³-hybridized carbons (Fsp3) is 0.588. The highest BCUT2D eigenvalue weighted by atomic mass is 16.5. The van der Waals surface area contributed by atoms with Gasteiger partial charge in [0.2, 0.25) is 0 Å². The van der Waals surface area contributed by atoms with Crippen molar-refractivity contribution in [3.63, 3.8) is 0 Å². The number of aliphatic hydroxyl groups excluding tert-OH is 1. The second kappa shape index (κ2) is 4.88. The van der Waals surface area contributed by atoms with E-state index in [0.717, 1.165) is 19.3 Å². The van der Waals surface area contributed by atoms with Crippen LogP contribution in [0.3, 0.4) is 0 Å². The first kappa shape index (κ1) is 13.6. The van der Waals surface area contributed by atoms with E-state index in [-0.39, 0.29) is 11.4 Å². The van der Waals surface area contributed by atoms with Gasteiger partial charge in [-0.15, -0.1) is 0 Å². The Morgan fingerprint density at radius 2 is 2.05 bits per heavy atom. The van der Waals surface area contributed by atoms with E-state index in [2.05, 4.69) is 19.1 Å². The minimum Gasteiger partial charge on any atom is -0.469 e. The number of aliphatic hydroxyl groups is 1. The molecule has 1 N–H and O–H groups in total. The predicted molar refractivity (Wildman–Crippen MR) is 76.1 cm³/mol. The minimum absolute atomic E-state index is 0.267. The Kier molecular flexibility index (Phi) is 3.33. The number of rotatable bonds is 2. The van der Waals surface area contributed by atoms with Crippen molar-refractivity contribution >= 4 is 5.97 Å². The summed E-state index contributed by atoms with van der Waals surface area (Å²) < 4.78 is 5.01. The Bertz CT molecular complexity index is 498. The lowest BCUT2D eigenvalue weighted by Crippen LogP contribution is -2.53. The monoisotopic (exact) mass is 274 g/mol. The van der Waals surface area contributed by atoms with Crippen LogP contribution in [0.5, 0.6) is 0 Å². The normalized spacial score (nSPS) is 39.5. The molecule has 1 aromatic carbocycles. The molecular formula is C17H22O3. The maximum absolute atomic E-state index is 12.3. The van der Waals surface area contributed by atoms with Gasteiger partial charge in [-0.2, -0.15) is 0 Å². The van der Waals surface area contributed by atoms with Gasteiger partial charge in [0.1, 0.15) is 0 Å². The Morgan fingerprint density at radius 1 is 1.35 bits per heavy atom. The third kappa shape index (κ3) is 1.72. The first-order valence-corrected chi connectivity index (χ1v) is 7.42. The van der Waals surface area contributed by atoms with Gasteiger partial charge in [-0.1, -0.05) is 37.3 Å². The molecule has 0 aliphatic heterocycles. The summed E-state index contributed by atoms with van der Waals surface area (Å²) in [5, 5.41) is 10.5. The summed E-state index contributed by atoms with van der Waals surface area (Å²) in [5.41, 5.74) is 0.903. The van der Waals surface area contributed by atoms with Gasteiger partial charge in [0.15, 0.2) is 0 Å². The summed E-state index contributed by atoms with van der Waals surface area (Å²) in [6, 6.07) is 10.2. The Hall–Kier alpha value is -1.35. The van der Waals surface area contributed by atoms with Crippen molar-refractivity contribution in [1.29, 1.82) is 0 Å². The van der Waals surface area contributed by atoms with Crippen LogP contribution in [-0.2, 0) is 14.9 Å². The highest BCUT2D eigenvalue weighted by molar-refractivity contribution is 5.76. The van der Waals surface area contributed by atoms with Crippen LogP contribution in [0.4, 0.5) is 0 Å². The van der Waals surface area contributed by atoms with Gasteiger partial charge in [0.05, 0.1) is 19.1 Å². The van der Waals surface area contributed by atoms with Gasteiger partial charge >= 0.3 is 5.97 Å². The molecule has 0 amide bonds. The number of hydrogen-bond donors (Lipinski definition) is 1. The first-order chi connectivity index (χ1) is 9.61. The van der Waals surface area contributed by atoms with E-state index < -0.39 is 12.0 Å². The highest BCUT2D eigenvalue weighted by Gasteiger charge is 2.60. The molecule has 0 radical (unpaired) electrons. The van der Waals surface area contributed by atoms with Crippen molar-refractivity contribution in [3.8, 4) is 0 Å². The van der Waals surface area contributed by atoms with Crippen molar-refractivity contribution in [3.05, 3.63) is 35.9 Å². The zero-order valence-corrected chi connectivity index (χ0v) is 12.1. The average molecular weight is 274 g/mol. The van der Waals surface area contributed by atoms with Gasteiger partial charge in [-0.05, 0) is 36.7 Å². The van der Waals surface area contributed by atoms with E-state index in [1.54, 1.807) is 0 Å². The third-order valence-electron chi connectivity index (χ3n) is 5.70. The van der Waals surface area contributed by atoms with Crippen LogP contribution in [-0.4, -0.2) is 24.3 Å². The Balaban J connectivity index is 2.13. The molecular weight excluding hydrogens is 252 g/mol. The lowest BCUT2D eigenvalue weighted by atomic mass is 9.57. The first-order valence-electron chi connectivity index (χ1n) is 7.42. The second-order valence-electron chi connectivity index (χ2n) is 6.30. The molecule has 0 spiro atoms. The van der Waals surface area contributed by atoms with Gasteiger partial charge < -0.3 is 9.84 Å². The van der Waals surface area contributed by atoms with E-state index >= 15 is 0 Å². The number of hydrogen-bond acceptors (Lipinski definition) is 3. The Morgan fingerprint density at radius 3 is 2.70 bits per heavy atom. The van der Waals surface area contributed by atoms with Crippen molar-refractivity contribution in [2.75, 3.05) is 7.11 Å². The van der Waals surface area contributed by atoms with E-state index in [1.165, 1.54) is 12.7 Å². The van der Waals surface area contributed by atoms with Crippen LogP contribution < -0.4 is 0 Å².